The van der Waals surface area contributed by atoms with Crippen molar-refractivity contribution in [1.29, 1.82) is 0 Å². The van der Waals surface area contributed by atoms with Crippen molar-refractivity contribution in [2.75, 3.05) is 12.4 Å². The number of carbonyl (C=O) groups excluding carboxylic acids is 1. The number of ether oxygens (including phenoxy) is 1. The summed E-state index contributed by atoms with van der Waals surface area (Å²) in [6, 6.07) is 9.17. The van der Waals surface area contributed by atoms with Crippen LogP contribution in [0.5, 0.6) is 5.75 Å². The Balaban J connectivity index is 2.27. The fourth-order valence-electron chi connectivity index (χ4n) is 2.06. The highest BCUT2D eigenvalue weighted by molar-refractivity contribution is 9.10. The summed E-state index contributed by atoms with van der Waals surface area (Å²) in [5.41, 5.74) is 0.584. The molecule has 7 heteroatoms. The summed E-state index contributed by atoms with van der Waals surface area (Å²) >= 11 is 2.99. The molecule has 0 radical (unpaired) electrons. The number of ketones is 1. The van der Waals surface area contributed by atoms with Crippen LogP contribution in [0.1, 0.15) is 22.8 Å². The second-order valence-electron chi connectivity index (χ2n) is 5.23. The van der Waals surface area contributed by atoms with Crippen LogP contribution in [0.3, 0.4) is 0 Å². The van der Waals surface area contributed by atoms with Gasteiger partial charge >= 0.3 is 5.92 Å². The smallest absolute Gasteiger partial charge is 0.307 e. The van der Waals surface area contributed by atoms with E-state index in [9.17, 15) is 18.0 Å². The summed E-state index contributed by atoms with van der Waals surface area (Å²) in [4.78, 5) is 11.9. The molecule has 2 rings (SSSR count). The van der Waals surface area contributed by atoms with Gasteiger partial charge in [-0.2, -0.15) is 8.78 Å². The first-order chi connectivity index (χ1) is 11.2. The van der Waals surface area contributed by atoms with Crippen molar-refractivity contribution in [3.8, 4) is 5.75 Å². The zero-order valence-corrected chi connectivity index (χ0v) is 14.6. The van der Waals surface area contributed by atoms with Crippen LogP contribution in [0.25, 0.3) is 0 Å². The molecule has 2 aromatic rings. The van der Waals surface area contributed by atoms with Gasteiger partial charge in [-0.15, -0.1) is 0 Å². The van der Waals surface area contributed by atoms with Crippen molar-refractivity contribution in [2.24, 2.45) is 0 Å². The Labute approximate surface area is 146 Å². The number of Topliss-reactive ketones (excluding diaryl/α,β-unsaturated/α-hetero) is 1. The zero-order valence-electron chi connectivity index (χ0n) is 13.0. The monoisotopic (exact) mass is 401 g/mol. The lowest BCUT2D eigenvalue weighted by Crippen LogP contribution is -2.25. The molecule has 0 aliphatic heterocycles. The molecule has 0 amide bonds. The summed E-state index contributed by atoms with van der Waals surface area (Å²) in [6.45, 7) is 0.764. The molecule has 0 fully saturated rings. The van der Waals surface area contributed by atoms with E-state index in [0.29, 0.717) is 12.7 Å². The number of halogens is 4. The van der Waals surface area contributed by atoms with Gasteiger partial charge < -0.3 is 10.1 Å². The topological polar surface area (TPSA) is 38.3 Å². The molecule has 2 aromatic carbocycles. The maximum Gasteiger partial charge on any atom is 0.307 e. The largest absolute Gasteiger partial charge is 0.497 e. The van der Waals surface area contributed by atoms with Crippen LogP contribution in [-0.4, -0.2) is 18.8 Å². The zero-order chi connectivity index (χ0) is 17.9. The number of alkyl halides is 2. The Bertz CT molecular complexity index is 743. The van der Waals surface area contributed by atoms with Gasteiger partial charge in [-0.3, -0.25) is 4.79 Å². The standard InChI is InChI=1S/C17H15BrF3NO2/c1-17(20,21)16(23)12-7-14(19)13(18)8-15(12)22-9-10-3-5-11(24-2)6-4-10/h3-8,22H,9H2,1-2H3. The normalized spacial score (nSPS) is 11.2. The summed E-state index contributed by atoms with van der Waals surface area (Å²) < 4.78 is 45.5. The Kier molecular flexibility index (Phi) is 5.54. The molecule has 0 aliphatic carbocycles. The first kappa shape index (κ1) is 18.3. The third-order valence-electron chi connectivity index (χ3n) is 3.35. The van der Waals surface area contributed by atoms with Crippen molar-refractivity contribution in [1.82, 2.24) is 0 Å². The van der Waals surface area contributed by atoms with Gasteiger partial charge in [0.1, 0.15) is 11.6 Å². The van der Waals surface area contributed by atoms with E-state index in [0.717, 1.165) is 11.6 Å². The molecule has 0 atom stereocenters. The second kappa shape index (κ2) is 7.25. The minimum Gasteiger partial charge on any atom is -0.497 e. The highest BCUT2D eigenvalue weighted by atomic mass is 79.9. The third kappa shape index (κ3) is 4.29. The van der Waals surface area contributed by atoms with Crippen LogP contribution in [0.2, 0.25) is 0 Å². The molecule has 0 aliphatic rings. The fraction of sp³-hybridized carbons (Fsp3) is 0.235. The van der Waals surface area contributed by atoms with Crippen molar-refractivity contribution < 1.29 is 22.7 Å². The SMILES string of the molecule is COc1ccc(CNc2cc(Br)c(F)cc2C(=O)C(C)(F)F)cc1. The van der Waals surface area contributed by atoms with Gasteiger partial charge in [-0.25, -0.2) is 4.39 Å². The number of nitrogens with one attached hydrogen (secondary N) is 1. The van der Waals surface area contributed by atoms with Gasteiger partial charge in [-0.05, 0) is 45.8 Å². The van der Waals surface area contributed by atoms with Crippen molar-refractivity contribution in [2.45, 2.75) is 19.4 Å². The minimum atomic E-state index is -3.59. The van der Waals surface area contributed by atoms with Crippen LogP contribution in [0.15, 0.2) is 40.9 Å². The molecule has 0 spiro atoms. The molecule has 0 bridgehead atoms. The highest BCUT2D eigenvalue weighted by Crippen LogP contribution is 2.30. The van der Waals surface area contributed by atoms with Gasteiger partial charge in [0.05, 0.1) is 17.1 Å². The number of anilines is 1. The van der Waals surface area contributed by atoms with Gasteiger partial charge in [0, 0.05) is 19.2 Å². The van der Waals surface area contributed by atoms with Crippen LogP contribution in [0, 0.1) is 5.82 Å². The van der Waals surface area contributed by atoms with Crippen LogP contribution in [-0.2, 0) is 6.54 Å². The van der Waals surface area contributed by atoms with Crippen molar-refractivity contribution in [3.05, 3.63) is 57.8 Å². The van der Waals surface area contributed by atoms with Gasteiger partial charge in [0.25, 0.3) is 0 Å². The van der Waals surface area contributed by atoms with E-state index in [4.69, 9.17) is 4.74 Å². The third-order valence-corrected chi connectivity index (χ3v) is 3.95. The van der Waals surface area contributed by atoms with E-state index in [1.807, 2.05) is 0 Å². The highest BCUT2D eigenvalue weighted by Gasteiger charge is 2.35. The lowest BCUT2D eigenvalue weighted by Gasteiger charge is -2.15. The average Bonchev–Trinajstić information content (AvgIpc) is 2.54. The van der Waals surface area contributed by atoms with Gasteiger partial charge in [0.15, 0.2) is 0 Å². The van der Waals surface area contributed by atoms with E-state index in [2.05, 4.69) is 21.2 Å². The second-order valence-corrected chi connectivity index (χ2v) is 6.09. The van der Waals surface area contributed by atoms with E-state index in [1.54, 1.807) is 31.4 Å². The van der Waals surface area contributed by atoms with Crippen LogP contribution < -0.4 is 10.1 Å². The Hall–Kier alpha value is -2.02. The molecular weight excluding hydrogens is 387 g/mol. The maximum atomic E-state index is 13.7. The molecule has 0 saturated carbocycles. The predicted molar refractivity (Wildman–Crippen MR) is 89.4 cm³/mol. The first-order valence-electron chi connectivity index (χ1n) is 7.01. The molecule has 0 heterocycles. The Morgan fingerprint density at radius 1 is 1.25 bits per heavy atom. The van der Waals surface area contributed by atoms with Gasteiger partial charge in [-0.1, -0.05) is 12.1 Å². The molecule has 128 valence electrons. The Morgan fingerprint density at radius 2 is 1.88 bits per heavy atom. The predicted octanol–water partition coefficient (Wildman–Crippen LogP) is 5.05. The molecule has 0 unspecified atom stereocenters. The van der Waals surface area contributed by atoms with E-state index < -0.39 is 23.1 Å². The lowest BCUT2D eigenvalue weighted by molar-refractivity contribution is 0.0222. The number of hydrogen-bond acceptors (Lipinski definition) is 3. The van der Waals surface area contributed by atoms with Crippen LogP contribution >= 0.6 is 15.9 Å². The fourth-order valence-corrected chi connectivity index (χ4v) is 2.40. The molecule has 0 saturated heterocycles. The summed E-state index contributed by atoms with van der Waals surface area (Å²) in [5.74, 6) is -5.12. The first-order valence-corrected chi connectivity index (χ1v) is 7.80. The van der Waals surface area contributed by atoms with Crippen molar-refractivity contribution >= 4 is 27.4 Å². The van der Waals surface area contributed by atoms with E-state index >= 15 is 0 Å². The molecule has 1 N–H and O–H groups in total. The number of benzene rings is 2. The summed E-state index contributed by atoms with van der Waals surface area (Å²) in [5, 5.41) is 2.90. The summed E-state index contributed by atoms with van der Waals surface area (Å²) in [6.07, 6.45) is 0. The number of rotatable bonds is 6. The number of carbonyl (C=O) groups is 1. The molecule has 3 nitrogen and oxygen atoms in total. The Morgan fingerprint density at radius 3 is 2.42 bits per heavy atom. The molecule has 0 aromatic heterocycles. The maximum absolute atomic E-state index is 13.7. The van der Waals surface area contributed by atoms with Gasteiger partial charge in [0.2, 0.25) is 5.78 Å². The quantitative estimate of drug-likeness (QED) is 0.688. The molecule has 24 heavy (non-hydrogen) atoms. The minimum absolute atomic E-state index is 0.0794. The van der Waals surface area contributed by atoms with Crippen LogP contribution in [0.4, 0.5) is 18.9 Å². The van der Waals surface area contributed by atoms with E-state index in [1.165, 1.54) is 6.07 Å². The lowest BCUT2D eigenvalue weighted by atomic mass is 10.0. The summed E-state index contributed by atoms with van der Waals surface area (Å²) in [7, 11) is 1.55. The number of hydrogen-bond donors (Lipinski definition) is 1. The molecular formula is C17H15BrF3NO2. The average molecular weight is 402 g/mol. The number of methoxy groups -OCH3 is 1. The van der Waals surface area contributed by atoms with E-state index in [-0.39, 0.29) is 16.7 Å². The van der Waals surface area contributed by atoms with Crippen molar-refractivity contribution in [3.63, 3.8) is 0 Å².